The predicted molar refractivity (Wildman–Crippen MR) is 71.9 cm³/mol. The molecule has 0 heterocycles. The van der Waals surface area contributed by atoms with Crippen LogP contribution in [-0.4, -0.2) is 17.4 Å². The van der Waals surface area contributed by atoms with Crippen molar-refractivity contribution in [3.05, 3.63) is 33.4 Å². The summed E-state index contributed by atoms with van der Waals surface area (Å²) >= 11 is 0. The van der Waals surface area contributed by atoms with Gasteiger partial charge in [0.25, 0.3) is 5.69 Å². The lowest BCUT2D eigenvalue weighted by atomic mass is 10.0. The molecule has 19 heavy (non-hydrogen) atoms. The van der Waals surface area contributed by atoms with Crippen molar-refractivity contribution < 1.29 is 9.72 Å². The van der Waals surface area contributed by atoms with Gasteiger partial charge in [0, 0.05) is 12.6 Å². The normalized spacial score (nSPS) is 15.9. The van der Waals surface area contributed by atoms with Crippen molar-refractivity contribution >= 4 is 17.3 Å². The molecule has 1 saturated carbocycles. The first-order valence-electron chi connectivity index (χ1n) is 6.17. The molecule has 0 atom stereocenters. The second-order valence-electron chi connectivity index (χ2n) is 5.15. The Balaban J connectivity index is 2.31. The van der Waals surface area contributed by atoms with Crippen molar-refractivity contribution in [1.82, 2.24) is 0 Å². The van der Waals surface area contributed by atoms with Gasteiger partial charge in [-0.15, -0.1) is 0 Å². The van der Waals surface area contributed by atoms with E-state index in [2.05, 4.69) is 5.32 Å². The molecule has 1 fully saturated rings. The second-order valence-corrected chi connectivity index (χ2v) is 5.15. The number of nitrogens with zero attached hydrogens (tertiary/aromatic N) is 1. The molecule has 1 aromatic carbocycles. The van der Waals surface area contributed by atoms with E-state index in [4.69, 9.17) is 5.73 Å². The highest BCUT2D eigenvalue weighted by atomic mass is 16.6. The van der Waals surface area contributed by atoms with Crippen molar-refractivity contribution in [3.63, 3.8) is 0 Å². The van der Waals surface area contributed by atoms with E-state index in [1.54, 1.807) is 13.0 Å². The number of aryl methyl sites for hydroxylation is 2. The van der Waals surface area contributed by atoms with E-state index >= 15 is 0 Å². The molecular weight excluding hydrogens is 246 g/mol. The maximum absolute atomic E-state index is 12.1. The van der Waals surface area contributed by atoms with Crippen LogP contribution in [0.3, 0.4) is 0 Å². The zero-order chi connectivity index (χ0) is 14.2. The number of hydrogen-bond donors (Lipinski definition) is 2. The number of rotatable bonds is 4. The number of nitro groups is 1. The van der Waals surface area contributed by atoms with Crippen molar-refractivity contribution in [3.8, 4) is 0 Å². The van der Waals surface area contributed by atoms with Crippen LogP contribution in [0.1, 0.15) is 24.0 Å². The molecule has 6 nitrogen and oxygen atoms in total. The number of anilines is 1. The first-order valence-corrected chi connectivity index (χ1v) is 6.17. The van der Waals surface area contributed by atoms with Gasteiger partial charge < -0.3 is 11.1 Å². The number of carbonyl (C=O) groups excluding carboxylic acids is 1. The smallest absolute Gasteiger partial charge is 0.293 e. The van der Waals surface area contributed by atoms with Gasteiger partial charge in [-0.05, 0) is 43.9 Å². The van der Waals surface area contributed by atoms with Gasteiger partial charge in [-0.3, -0.25) is 14.9 Å². The summed E-state index contributed by atoms with van der Waals surface area (Å²) in [6, 6.07) is 3.12. The van der Waals surface area contributed by atoms with Gasteiger partial charge in [0.1, 0.15) is 5.69 Å². The van der Waals surface area contributed by atoms with E-state index in [0.717, 1.165) is 24.0 Å². The zero-order valence-electron chi connectivity index (χ0n) is 11.0. The lowest BCUT2D eigenvalue weighted by molar-refractivity contribution is -0.384. The lowest BCUT2D eigenvalue weighted by Gasteiger charge is -2.14. The fraction of sp³-hybridized carbons (Fsp3) is 0.462. The number of nitrogens with one attached hydrogen (secondary N) is 1. The Morgan fingerprint density at radius 2 is 2.00 bits per heavy atom. The third-order valence-corrected chi connectivity index (χ3v) is 3.78. The van der Waals surface area contributed by atoms with Crippen LogP contribution in [0.25, 0.3) is 0 Å². The largest absolute Gasteiger partial charge is 0.329 e. The van der Waals surface area contributed by atoms with Gasteiger partial charge in [-0.2, -0.15) is 0 Å². The standard InChI is InChI=1S/C13H17N3O3/c1-8-5-10(11(16(18)19)6-9(8)2)15-12(17)13(7-14)3-4-13/h5-6H,3-4,7,14H2,1-2H3,(H,15,17). The highest BCUT2D eigenvalue weighted by Crippen LogP contribution is 2.45. The molecule has 0 aromatic heterocycles. The molecule has 1 aliphatic rings. The van der Waals surface area contributed by atoms with Crippen LogP contribution in [0.4, 0.5) is 11.4 Å². The van der Waals surface area contributed by atoms with E-state index in [-0.39, 0.29) is 23.8 Å². The Hall–Kier alpha value is -1.95. The van der Waals surface area contributed by atoms with Gasteiger partial charge in [-0.25, -0.2) is 0 Å². The summed E-state index contributed by atoms with van der Waals surface area (Å²) in [4.78, 5) is 22.6. The zero-order valence-corrected chi connectivity index (χ0v) is 11.0. The minimum atomic E-state index is -0.521. The van der Waals surface area contributed by atoms with Crippen LogP contribution >= 0.6 is 0 Å². The Morgan fingerprint density at radius 1 is 1.42 bits per heavy atom. The van der Waals surface area contributed by atoms with Crippen LogP contribution in [0.2, 0.25) is 0 Å². The summed E-state index contributed by atoms with van der Waals surface area (Å²) in [5.41, 5.74) is 6.95. The van der Waals surface area contributed by atoms with Crippen LogP contribution in [-0.2, 0) is 4.79 Å². The molecule has 0 bridgehead atoms. The number of amides is 1. The maximum atomic E-state index is 12.1. The van der Waals surface area contributed by atoms with Crippen molar-refractivity contribution in [2.45, 2.75) is 26.7 Å². The van der Waals surface area contributed by atoms with E-state index in [0.29, 0.717) is 0 Å². The fourth-order valence-electron chi connectivity index (χ4n) is 1.98. The Morgan fingerprint density at radius 3 is 2.47 bits per heavy atom. The third-order valence-electron chi connectivity index (χ3n) is 3.78. The molecule has 2 rings (SSSR count). The molecule has 1 aromatic rings. The minimum Gasteiger partial charge on any atom is -0.329 e. The monoisotopic (exact) mass is 263 g/mol. The molecule has 102 valence electrons. The van der Waals surface area contributed by atoms with Crippen LogP contribution in [0.5, 0.6) is 0 Å². The van der Waals surface area contributed by atoms with Gasteiger partial charge in [-0.1, -0.05) is 0 Å². The molecule has 1 aliphatic carbocycles. The molecule has 6 heteroatoms. The number of carbonyl (C=O) groups is 1. The van der Waals surface area contributed by atoms with Gasteiger partial charge in [0.15, 0.2) is 0 Å². The highest BCUT2D eigenvalue weighted by Gasteiger charge is 2.48. The number of benzene rings is 1. The van der Waals surface area contributed by atoms with Crippen LogP contribution in [0, 0.1) is 29.4 Å². The Kier molecular flexibility index (Phi) is 3.28. The molecule has 3 N–H and O–H groups in total. The fourth-order valence-corrected chi connectivity index (χ4v) is 1.98. The number of hydrogen-bond acceptors (Lipinski definition) is 4. The van der Waals surface area contributed by atoms with E-state index in [1.807, 2.05) is 6.92 Å². The average molecular weight is 263 g/mol. The molecule has 0 spiro atoms. The van der Waals surface area contributed by atoms with E-state index in [9.17, 15) is 14.9 Å². The Bertz CT molecular complexity index is 550. The molecule has 0 saturated heterocycles. The SMILES string of the molecule is Cc1cc(NC(=O)C2(CN)CC2)c([N+](=O)[O-])cc1C. The topological polar surface area (TPSA) is 98.3 Å². The van der Waals surface area contributed by atoms with Crippen molar-refractivity contribution in [2.75, 3.05) is 11.9 Å². The summed E-state index contributed by atoms with van der Waals surface area (Å²) in [5.74, 6) is -0.221. The van der Waals surface area contributed by atoms with Gasteiger partial charge in [0.05, 0.1) is 10.3 Å². The number of nitrogens with two attached hydrogens (primary N) is 1. The molecule has 0 unspecified atom stereocenters. The van der Waals surface area contributed by atoms with Crippen molar-refractivity contribution in [1.29, 1.82) is 0 Å². The quantitative estimate of drug-likeness (QED) is 0.640. The first-order chi connectivity index (χ1) is 8.89. The Labute approximate surface area is 111 Å². The molecule has 0 aliphatic heterocycles. The van der Waals surface area contributed by atoms with E-state index in [1.165, 1.54) is 6.07 Å². The summed E-state index contributed by atoms with van der Waals surface area (Å²) < 4.78 is 0. The summed E-state index contributed by atoms with van der Waals surface area (Å²) in [5, 5.41) is 13.7. The average Bonchev–Trinajstić information content (AvgIpc) is 3.14. The summed E-state index contributed by atoms with van der Waals surface area (Å²) in [6.07, 6.45) is 1.49. The molecular formula is C13H17N3O3. The first kappa shape index (κ1) is 13.5. The number of nitro benzene ring substituents is 1. The van der Waals surface area contributed by atoms with Crippen molar-refractivity contribution in [2.24, 2.45) is 11.1 Å². The molecule has 0 radical (unpaired) electrons. The predicted octanol–water partition coefficient (Wildman–Crippen LogP) is 1.89. The minimum absolute atomic E-state index is 0.0794. The highest BCUT2D eigenvalue weighted by molar-refractivity contribution is 5.99. The van der Waals surface area contributed by atoms with E-state index < -0.39 is 10.3 Å². The van der Waals surface area contributed by atoms with Gasteiger partial charge in [0.2, 0.25) is 5.91 Å². The van der Waals surface area contributed by atoms with Crippen LogP contribution in [0.15, 0.2) is 12.1 Å². The van der Waals surface area contributed by atoms with Gasteiger partial charge >= 0.3 is 0 Å². The molecule has 1 amide bonds. The maximum Gasteiger partial charge on any atom is 0.293 e. The summed E-state index contributed by atoms with van der Waals surface area (Å²) in [6.45, 7) is 3.93. The van der Waals surface area contributed by atoms with Crippen LogP contribution < -0.4 is 11.1 Å². The lowest BCUT2D eigenvalue weighted by Crippen LogP contribution is -2.31. The second kappa shape index (κ2) is 4.62. The summed E-state index contributed by atoms with van der Waals surface area (Å²) in [7, 11) is 0. The third kappa shape index (κ3) is 2.44.